The molecule has 0 heterocycles. The van der Waals surface area contributed by atoms with Gasteiger partial charge in [0.25, 0.3) is 0 Å². The minimum Gasteiger partial charge on any atom is -1.00 e. The van der Waals surface area contributed by atoms with Crippen molar-refractivity contribution in [2.45, 2.75) is 0 Å². The van der Waals surface area contributed by atoms with Crippen LogP contribution in [0.15, 0.2) is 109 Å². The Bertz CT molecular complexity index is 1360. The Kier molecular flexibility index (Phi) is 12.0. The number of ketones is 2. The van der Waals surface area contributed by atoms with Gasteiger partial charge in [-0.25, -0.2) is 9.13 Å². The fourth-order valence-corrected chi connectivity index (χ4v) is 3.91. The zero-order valence-electron chi connectivity index (χ0n) is 21.5. The van der Waals surface area contributed by atoms with Crippen LogP contribution in [0.3, 0.4) is 0 Å². The van der Waals surface area contributed by atoms with Crippen molar-refractivity contribution in [2.24, 2.45) is 0 Å². The van der Waals surface area contributed by atoms with Gasteiger partial charge in [0.05, 0.1) is 0 Å². The monoisotopic (exact) mass is 580 g/mol. The predicted molar refractivity (Wildman–Crippen MR) is 139 cm³/mol. The van der Waals surface area contributed by atoms with Crippen LogP contribution in [-0.2, 0) is 9.13 Å². The van der Waals surface area contributed by atoms with Gasteiger partial charge in [-0.2, -0.15) is 0 Å². The molecule has 0 amide bonds. The van der Waals surface area contributed by atoms with Crippen molar-refractivity contribution in [1.82, 2.24) is 0 Å². The maximum Gasteiger partial charge on any atom is 1.00 e. The fraction of sp³-hybridized carbons (Fsp3) is 0. The zero-order chi connectivity index (χ0) is 27.8. The molecule has 0 aliphatic carbocycles. The molecule has 0 radical (unpaired) electrons. The molecule has 0 bridgehead atoms. The van der Waals surface area contributed by atoms with Crippen LogP contribution in [0.25, 0.3) is 0 Å². The molecule has 10 nitrogen and oxygen atoms in total. The summed E-state index contributed by atoms with van der Waals surface area (Å²) in [6.07, 6.45) is 0. The third kappa shape index (κ3) is 11.0. The Balaban J connectivity index is 0.000000381. The van der Waals surface area contributed by atoms with E-state index >= 15 is 0 Å². The van der Waals surface area contributed by atoms with Crippen molar-refractivity contribution < 1.29 is 78.3 Å². The number of hydrogen-bond acceptors (Lipinski definition) is 6. The van der Waals surface area contributed by atoms with Crippen molar-refractivity contribution in [3.05, 3.63) is 131 Å². The number of phosphoric acid groups is 2. The average Bonchev–Trinajstić information content (AvgIpc) is 2.88. The van der Waals surface area contributed by atoms with Crippen molar-refractivity contribution in [2.75, 3.05) is 0 Å². The molecule has 0 saturated heterocycles. The predicted octanol–water partition coefficient (Wildman–Crippen LogP) is 1.89. The summed E-state index contributed by atoms with van der Waals surface area (Å²) < 4.78 is 30.1. The number of rotatable bonds is 8. The van der Waals surface area contributed by atoms with Crippen LogP contribution in [-0.4, -0.2) is 31.1 Å². The summed E-state index contributed by atoms with van der Waals surface area (Å²) in [6.45, 7) is 0. The second-order valence-electron chi connectivity index (χ2n) is 7.60. The summed E-state index contributed by atoms with van der Waals surface area (Å²) in [6, 6.07) is 28.7. The second-order valence-corrected chi connectivity index (χ2v) is 9.93. The van der Waals surface area contributed by atoms with Crippen LogP contribution in [0.2, 0.25) is 0 Å². The summed E-state index contributed by atoms with van der Waals surface area (Å²) in [4.78, 5) is 58.7. The number of carbonyl (C=O) groups excluding carboxylic acids is 2. The topological polar surface area (TPSA) is 168 Å². The first-order valence-electron chi connectivity index (χ1n) is 10.8. The molecule has 4 aromatic rings. The third-order valence-corrected chi connectivity index (χ3v) is 5.65. The molecule has 0 fully saturated rings. The van der Waals surface area contributed by atoms with Crippen LogP contribution < -0.4 is 38.6 Å². The summed E-state index contributed by atoms with van der Waals surface area (Å²) in [5, 5.41) is 0. The van der Waals surface area contributed by atoms with E-state index < -0.39 is 15.6 Å². The second kappa shape index (κ2) is 14.5. The average molecular weight is 580 g/mol. The Morgan fingerprint density at radius 3 is 1.00 bits per heavy atom. The normalized spacial score (nSPS) is 10.8. The molecular weight excluding hydrogens is 557 g/mol. The maximum atomic E-state index is 12.0. The van der Waals surface area contributed by atoms with E-state index in [0.29, 0.717) is 22.3 Å². The largest absolute Gasteiger partial charge is 1.00 e. The molecule has 0 spiro atoms. The van der Waals surface area contributed by atoms with Gasteiger partial charge in [0.2, 0.25) is 0 Å². The van der Waals surface area contributed by atoms with E-state index in [0.717, 1.165) is 0 Å². The molecule has 0 unspecified atom stereocenters. The molecule has 4 N–H and O–H groups in total. The van der Waals surface area contributed by atoms with Crippen molar-refractivity contribution in [3.8, 4) is 11.5 Å². The van der Waals surface area contributed by atoms with Gasteiger partial charge in [0.1, 0.15) is 11.5 Å². The molecule has 13 heteroatoms. The van der Waals surface area contributed by atoms with E-state index in [4.69, 9.17) is 19.6 Å². The minimum atomic E-state index is -4.57. The summed E-state index contributed by atoms with van der Waals surface area (Å²) in [5.74, 6) is -0.303. The molecule has 4 aromatic carbocycles. The van der Waals surface area contributed by atoms with Gasteiger partial charge in [-0.1, -0.05) is 60.7 Å². The molecule has 4 rings (SSSR count). The molecule has 0 aliphatic heterocycles. The minimum absolute atomic E-state index is 0. The number of carbonyl (C=O) groups is 2. The Hall–Kier alpha value is -2.88. The molecular formula is C26H23NaO10P2. The number of benzene rings is 4. The zero-order valence-corrected chi connectivity index (χ0v) is 24.3. The standard InChI is InChI=1S/2C13H11O5P.Na.H/c2*14-13(10-4-2-1-3-5-10)11-6-8-12(9-7-11)18-19(15,16)17;;/h2*1-9H,(H2,15,16,17);;/q;;+1;-1. The Morgan fingerprint density at radius 1 is 0.487 bits per heavy atom. The molecule has 0 atom stereocenters. The summed E-state index contributed by atoms with van der Waals surface area (Å²) >= 11 is 0. The first-order valence-corrected chi connectivity index (χ1v) is 13.9. The Labute approximate surface area is 247 Å². The van der Waals surface area contributed by atoms with Crippen LogP contribution >= 0.6 is 15.6 Å². The van der Waals surface area contributed by atoms with Gasteiger partial charge in [0, 0.05) is 22.3 Å². The van der Waals surface area contributed by atoms with Crippen LogP contribution in [0, 0.1) is 0 Å². The van der Waals surface area contributed by atoms with Crippen molar-refractivity contribution >= 4 is 27.2 Å². The van der Waals surface area contributed by atoms with Crippen LogP contribution in [0.4, 0.5) is 0 Å². The van der Waals surface area contributed by atoms with Crippen LogP contribution in [0.5, 0.6) is 11.5 Å². The molecule has 198 valence electrons. The van der Waals surface area contributed by atoms with Gasteiger partial charge in [-0.15, -0.1) is 0 Å². The Morgan fingerprint density at radius 2 is 0.744 bits per heavy atom. The summed E-state index contributed by atoms with van der Waals surface area (Å²) in [7, 11) is -9.14. The quantitative estimate of drug-likeness (QED) is 0.137. The third-order valence-electron chi connectivity index (χ3n) is 4.75. The van der Waals surface area contributed by atoms with Gasteiger partial charge in [-0.3, -0.25) is 29.2 Å². The maximum absolute atomic E-state index is 12.0. The first-order chi connectivity index (χ1) is 17.9. The van der Waals surface area contributed by atoms with E-state index in [9.17, 15) is 18.7 Å². The summed E-state index contributed by atoms with van der Waals surface area (Å²) in [5.41, 5.74) is 1.94. The van der Waals surface area contributed by atoms with Crippen molar-refractivity contribution in [3.63, 3.8) is 0 Å². The van der Waals surface area contributed by atoms with Crippen LogP contribution in [0.1, 0.15) is 33.3 Å². The first kappa shape index (κ1) is 32.3. The van der Waals surface area contributed by atoms with E-state index in [2.05, 4.69) is 9.05 Å². The van der Waals surface area contributed by atoms with Gasteiger partial charge < -0.3 is 10.5 Å². The van der Waals surface area contributed by atoms with Gasteiger partial charge >= 0.3 is 45.2 Å². The smallest absolute Gasteiger partial charge is 1.00 e. The van der Waals surface area contributed by atoms with E-state index in [1.165, 1.54) is 48.5 Å². The molecule has 0 saturated carbocycles. The number of phosphoric ester groups is 2. The molecule has 0 aliphatic rings. The fourth-order valence-electron chi connectivity index (χ4n) is 3.12. The van der Waals surface area contributed by atoms with Gasteiger partial charge in [0.15, 0.2) is 11.6 Å². The van der Waals surface area contributed by atoms with Gasteiger partial charge in [-0.05, 0) is 48.5 Å². The number of hydrogen-bond donors (Lipinski definition) is 4. The SMILES string of the molecule is O=C(c1ccccc1)c1ccc(OP(=O)(O)O)cc1.O=C(c1ccccc1)c1ccc(OP(=O)(O)O)cc1.[H-].[Na+]. The van der Waals surface area contributed by atoms with E-state index in [1.54, 1.807) is 48.5 Å². The van der Waals surface area contributed by atoms with Crippen molar-refractivity contribution in [1.29, 1.82) is 0 Å². The van der Waals surface area contributed by atoms with E-state index in [-0.39, 0.29) is 54.0 Å². The van der Waals surface area contributed by atoms with E-state index in [1.807, 2.05) is 12.1 Å². The molecule has 0 aromatic heterocycles. The molecule has 39 heavy (non-hydrogen) atoms.